The lowest BCUT2D eigenvalue weighted by Gasteiger charge is -2.08. The molecular weight excluding hydrogens is 269 g/mol. The van der Waals surface area contributed by atoms with Crippen LogP contribution in [0.3, 0.4) is 0 Å². The number of carbonyl (C=O) groups excluding carboxylic acids is 1. The van der Waals surface area contributed by atoms with Crippen LogP contribution in [0.5, 0.6) is 0 Å². The number of carbonyl (C=O) groups is 1. The lowest BCUT2D eigenvalue weighted by Crippen LogP contribution is -2.37. The highest BCUT2D eigenvalue weighted by Crippen LogP contribution is 2.17. The summed E-state index contributed by atoms with van der Waals surface area (Å²) in [6.45, 7) is 1.63. The Bertz CT molecular complexity index is 583. The largest absolute Gasteiger partial charge is 0.374 e. The Kier molecular flexibility index (Phi) is 3.61. The van der Waals surface area contributed by atoms with Crippen LogP contribution < -0.4 is 5.73 Å². The molecule has 0 bridgehead atoms. The zero-order chi connectivity index (χ0) is 14.0. The smallest absolute Gasteiger partial charge is 0.282 e. The predicted molar refractivity (Wildman–Crippen MR) is 71.4 cm³/mol. The fourth-order valence-corrected chi connectivity index (χ4v) is 1.61. The topological polar surface area (TPSA) is 83.4 Å². The second-order valence-electron chi connectivity index (χ2n) is 3.82. The Morgan fingerprint density at radius 2 is 2.11 bits per heavy atom. The maximum atomic E-state index is 12.7. The van der Waals surface area contributed by atoms with Crippen LogP contribution in [0.4, 0.5) is 10.1 Å². The summed E-state index contributed by atoms with van der Waals surface area (Å²) in [7, 11) is 0. The molecule has 0 aromatic heterocycles. The van der Waals surface area contributed by atoms with Gasteiger partial charge in [0.05, 0.1) is 11.4 Å². The van der Waals surface area contributed by atoms with Gasteiger partial charge in [0, 0.05) is 0 Å². The molecule has 6 nitrogen and oxygen atoms in total. The van der Waals surface area contributed by atoms with E-state index in [0.717, 1.165) is 5.01 Å². The highest BCUT2D eigenvalue weighted by molar-refractivity contribution is 7.80. The van der Waals surface area contributed by atoms with Gasteiger partial charge in [0.1, 0.15) is 5.82 Å². The van der Waals surface area contributed by atoms with E-state index in [1.807, 2.05) is 0 Å². The first-order valence-electron chi connectivity index (χ1n) is 5.34. The molecule has 19 heavy (non-hydrogen) atoms. The standard InChI is InChI=1S/C11H10FN5OS/c1-6-9(10(18)17(16-6)11(13)19)15-14-8-4-2-7(12)3-5-8/h2-5,9H,1H3,(H2,13,19)/t9-/m1/s1. The van der Waals surface area contributed by atoms with Gasteiger partial charge in [0.2, 0.25) is 0 Å². The van der Waals surface area contributed by atoms with Crippen molar-refractivity contribution in [1.82, 2.24) is 5.01 Å². The molecule has 0 unspecified atom stereocenters. The predicted octanol–water partition coefficient (Wildman–Crippen LogP) is 1.74. The average Bonchev–Trinajstić information content (AvgIpc) is 2.65. The van der Waals surface area contributed by atoms with Crippen LogP contribution in [0, 0.1) is 5.82 Å². The lowest BCUT2D eigenvalue weighted by molar-refractivity contribution is -0.126. The van der Waals surface area contributed by atoms with E-state index in [1.165, 1.54) is 24.3 Å². The number of nitrogens with two attached hydrogens (primary N) is 1. The molecule has 0 spiro atoms. The van der Waals surface area contributed by atoms with Crippen molar-refractivity contribution in [2.75, 3.05) is 0 Å². The molecule has 1 aromatic carbocycles. The molecule has 1 heterocycles. The Labute approximate surface area is 113 Å². The van der Waals surface area contributed by atoms with Crippen LogP contribution in [0.25, 0.3) is 0 Å². The van der Waals surface area contributed by atoms with Gasteiger partial charge in [0.15, 0.2) is 11.2 Å². The number of hydrogen-bond acceptors (Lipinski definition) is 5. The van der Waals surface area contributed by atoms with Crippen LogP contribution in [0.2, 0.25) is 0 Å². The van der Waals surface area contributed by atoms with Gasteiger partial charge in [0.25, 0.3) is 5.91 Å². The summed E-state index contributed by atoms with van der Waals surface area (Å²) in [5, 5.41) is 12.4. The average molecular weight is 279 g/mol. The molecule has 1 aliphatic rings. The molecule has 1 aliphatic heterocycles. The molecule has 8 heteroatoms. The maximum absolute atomic E-state index is 12.7. The number of azo groups is 1. The van der Waals surface area contributed by atoms with E-state index in [-0.39, 0.29) is 10.9 Å². The molecule has 0 fully saturated rings. The van der Waals surface area contributed by atoms with E-state index < -0.39 is 11.9 Å². The van der Waals surface area contributed by atoms with Crippen LogP contribution in [-0.4, -0.2) is 27.8 Å². The minimum atomic E-state index is -0.841. The van der Waals surface area contributed by atoms with Gasteiger partial charge in [-0.25, -0.2) is 4.39 Å². The van der Waals surface area contributed by atoms with E-state index in [0.29, 0.717) is 11.4 Å². The third-order valence-electron chi connectivity index (χ3n) is 2.42. The van der Waals surface area contributed by atoms with E-state index in [9.17, 15) is 9.18 Å². The SMILES string of the molecule is CC1=NN(C(N)=S)C(=O)[C@@H]1N=Nc1ccc(F)cc1. The number of halogens is 1. The van der Waals surface area contributed by atoms with Crippen molar-refractivity contribution in [3.63, 3.8) is 0 Å². The minimum absolute atomic E-state index is 0.135. The number of hydrazone groups is 1. The summed E-state index contributed by atoms with van der Waals surface area (Å²) < 4.78 is 12.7. The van der Waals surface area contributed by atoms with Crippen molar-refractivity contribution < 1.29 is 9.18 Å². The Balaban J connectivity index is 2.16. The third kappa shape index (κ3) is 2.79. The quantitative estimate of drug-likeness (QED) is 0.661. The first kappa shape index (κ1) is 13.2. The molecule has 2 N–H and O–H groups in total. The van der Waals surface area contributed by atoms with Crippen molar-refractivity contribution in [1.29, 1.82) is 0 Å². The van der Waals surface area contributed by atoms with E-state index >= 15 is 0 Å². The van der Waals surface area contributed by atoms with E-state index in [4.69, 9.17) is 18.0 Å². The summed E-state index contributed by atoms with van der Waals surface area (Å²) in [6, 6.07) is 4.58. The fraction of sp³-hybridized carbons (Fsp3) is 0.182. The number of rotatable bonds is 2. The second-order valence-corrected chi connectivity index (χ2v) is 4.24. The molecule has 1 aromatic rings. The molecule has 2 rings (SSSR count). The van der Waals surface area contributed by atoms with Crippen molar-refractivity contribution in [3.05, 3.63) is 30.1 Å². The van der Waals surface area contributed by atoms with Crippen molar-refractivity contribution >= 4 is 34.6 Å². The summed E-state index contributed by atoms with van der Waals surface area (Å²) in [4.78, 5) is 11.9. The van der Waals surface area contributed by atoms with Crippen molar-refractivity contribution in [2.45, 2.75) is 13.0 Å². The zero-order valence-corrected chi connectivity index (χ0v) is 10.8. The van der Waals surface area contributed by atoms with Crippen LogP contribution in [0.15, 0.2) is 39.6 Å². The molecule has 0 saturated carbocycles. The second kappa shape index (κ2) is 5.19. The highest BCUT2D eigenvalue weighted by Gasteiger charge is 2.35. The molecular formula is C11H10FN5OS. The van der Waals surface area contributed by atoms with Gasteiger partial charge >= 0.3 is 0 Å². The molecule has 0 saturated heterocycles. The van der Waals surface area contributed by atoms with Gasteiger partial charge in [-0.15, -0.1) is 0 Å². The first-order valence-corrected chi connectivity index (χ1v) is 5.75. The summed E-state index contributed by atoms with van der Waals surface area (Å²) in [5.74, 6) is -0.816. The van der Waals surface area contributed by atoms with Crippen LogP contribution in [-0.2, 0) is 4.79 Å². The maximum Gasteiger partial charge on any atom is 0.282 e. The van der Waals surface area contributed by atoms with Gasteiger partial charge < -0.3 is 5.73 Å². The first-order chi connectivity index (χ1) is 8.99. The van der Waals surface area contributed by atoms with Crippen LogP contribution in [0.1, 0.15) is 6.92 Å². The van der Waals surface area contributed by atoms with Crippen LogP contribution >= 0.6 is 12.2 Å². The van der Waals surface area contributed by atoms with E-state index in [1.54, 1.807) is 6.92 Å². The number of nitrogens with zero attached hydrogens (tertiary/aromatic N) is 4. The molecule has 1 amide bonds. The minimum Gasteiger partial charge on any atom is -0.374 e. The van der Waals surface area contributed by atoms with Gasteiger partial charge in [-0.2, -0.15) is 20.3 Å². The van der Waals surface area contributed by atoms with Crippen molar-refractivity contribution in [2.24, 2.45) is 21.1 Å². The molecule has 1 atom stereocenters. The fourth-order valence-electron chi connectivity index (χ4n) is 1.48. The third-order valence-corrected chi connectivity index (χ3v) is 2.59. The van der Waals surface area contributed by atoms with E-state index in [2.05, 4.69) is 15.3 Å². The summed E-state index contributed by atoms with van der Waals surface area (Å²) in [6.07, 6.45) is 0. The Morgan fingerprint density at radius 3 is 2.63 bits per heavy atom. The van der Waals surface area contributed by atoms with Gasteiger partial charge in [-0.3, -0.25) is 4.79 Å². The Morgan fingerprint density at radius 1 is 1.47 bits per heavy atom. The van der Waals surface area contributed by atoms with Crippen molar-refractivity contribution in [3.8, 4) is 0 Å². The number of benzene rings is 1. The normalized spacial score (nSPS) is 19.1. The zero-order valence-electron chi connectivity index (χ0n) is 9.95. The monoisotopic (exact) mass is 279 g/mol. The number of thiocarbonyl (C=S) groups is 1. The lowest BCUT2D eigenvalue weighted by atomic mass is 10.2. The molecule has 0 radical (unpaired) electrons. The summed E-state index contributed by atoms with van der Waals surface area (Å²) >= 11 is 4.69. The van der Waals surface area contributed by atoms with Gasteiger partial charge in [-0.05, 0) is 43.4 Å². The number of hydrogen-bond donors (Lipinski definition) is 1. The molecule has 0 aliphatic carbocycles. The summed E-state index contributed by atoms with van der Waals surface area (Å²) in [5.41, 5.74) is 6.24. The highest BCUT2D eigenvalue weighted by atomic mass is 32.1. The number of amides is 1. The Hall–Kier alpha value is -2.22. The molecule has 98 valence electrons. The van der Waals surface area contributed by atoms with Gasteiger partial charge in [-0.1, -0.05) is 0 Å².